The number of piperidine rings is 1. The molecule has 2 aliphatic carbocycles. The fraction of sp³-hybridized carbons (Fsp3) is 0.280. The van der Waals surface area contributed by atoms with E-state index in [1.165, 1.54) is 0 Å². The van der Waals surface area contributed by atoms with E-state index in [2.05, 4.69) is 26.6 Å². The molecule has 2 N–H and O–H groups in total. The van der Waals surface area contributed by atoms with Crippen LogP contribution in [0.4, 0.5) is 5.82 Å². The fourth-order valence-electron chi connectivity index (χ4n) is 5.40. The van der Waals surface area contributed by atoms with E-state index < -0.39 is 0 Å². The van der Waals surface area contributed by atoms with Gasteiger partial charge in [0, 0.05) is 59.4 Å². The van der Waals surface area contributed by atoms with Crippen molar-refractivity contribution in [1.82, 2.24) is 15.0 Å². The van der Waals surface area contributed by atoms with Crippen LogP contribution in [0.1, 0.15) is 11.3 Å². The Morgan fingerprint density at radius 3 is 2.85 bits per heavy atom. The molecule has 2 unspecified atom stereocenters. The summed E-state index contributed by atoms with van der Waals surface area (Å²) in [4.78, 5) is 18.1. The summed E-state index contributed by atoms with van der Waals surface area (Å²) in [5.41, 5.74) is 12.8. The number of benzene rings is 1. The van der Waals surface area contributed by atoms with Crippen LogP contribution in [0.2, 0.25) is 5.02 Å². The number of aryl methyl sites for hydroxylation is 1. The van der Waals surface area contributed by atoms with Crippen LogP contribution >= 0.6 is 23.4 Å². The first-order chi connectivity index (χ1) is 16.1. The van der Waals surface area contributed by atoms with Crippen LogP contribution in [-0.2, 0) is 13.5 Å². The molecule has 7 rings (SSSR count). The van der Waals surface area contributed by atoms with E-state index in [-0.39, 0.29) is 0 Å². The van der Waals surface area contributed by atoms with Crippen LogP contribution in [0.15, 0.2) is 58.8 Å². The summed E-state index contributed by atoms with van der Waals surface area (Å²) in [5.74, 6) is 2.18. The number of aromatic nitrogens is 4. The average molecular weight is 474 g/mol. The van der Waals surface area contributed by atoms with Crippen LogP contribution in [0.25, 0.3) is 22.2 Å². The van der Waals surface area contributed by atoms with Crippen molar-refractivity contribution in [3.8, 4) is 11.1 Å². The fourth-order valence-corrected chi connectivity index (χ4v) is 6.41. The smallest absolute Gasteiger partial charge is 0.232 e. The molecule has 1 saturated heterocycles. The maximum Gasteiger partial charge on any atom is 0.232 e. The predicted molar refractivity (Wildman–Crippen MR) is 129 cm³/mol. The van der Waals surface area contributed by atoms with E-state index in [0.717, 1.165) is 73.8 Å². The summed E-state index contributed by atoms with van der Waals surface area (Å²) >= 11 is 8.13. The van der Waals surface area contributed by atoms with Gasteiger partial charge >= 0.3 is 0 Å². The molecular formula is C25H22ClN6S+. The van der Waals surface area contributed by atoms with Crippen LogP contribution in [-0.4, -0.2) is 34.1 Å². The predicted octanol–water partition coefficient (Wildman–Crippen LogP) is 3.62. The number of pyridine rings is 2. The lowest BCUT2D eigenvalue weighted by molar-refractivity contribution is -0.645. The normalized spacial score (nSPS) is 22.4. The van der Waals surface area contributed by atoms with E-state index in [0.29, 0.717) is 17.9 Å². The first-order valence-electron chi connectivity index (χ1n) is 11.2. The summed E-state index contributed by atoms with van der Waals surface area (Å²) in [5, 5.41) is 1.54. The van der Waals surface area contributed by atoms with Crippen molar-refractivity contribution in [2.75, 3.05) is 18.0 Å². The zero-order valence-electron chi connectivity index (χ0n) is 18.1. The number of rotatable bonds is 3. The Balaban J connectivity index is 1.32. The lowest BCUT2D eigenvalue weighted by Crippen LogP contribution is -2.29. The third-order valence-corrected chi connectivity index (χ3v) is 8.44. The molecule has 2 fully saturated rings. The number of hydrogen-bond donors (Lipinski definition) is 1. The van der Waals surface area contributed by atoms with Gasteiger partial charge in [-0.1, -0.05) is 23.7 Å². The number of nitrogens with zero attached hydrogens (tertiary/aromatic N) is 5. The second-order valence-corrected chi connectivity index (χ2v) is 10.6. The standard InChI is InChI=1S/C25H22ClN6S/c1-31-7-3-6-19-21(31)8-13(10-28-19)33-25-29-20-9-15-14(4-2-5-18(15)26)22(20)24(30-25)32-11-16-17(12-32)23(16)27/h2-8,10,16-17,23H,9,11-12,27H2,1H3/q+1. The first-order valence-corrected chi connectivity index (χ1v) is 12.4. The Morgan fingerprint density at radius 1 is 1.15 bits per heavy atom. The SMILES string of the molecule is C[n+]1cccc2ncc(Sc3nc4c(c(N5CC6C(N)C6C5)n3)-c3cccc(Cl)c3C4)cc21. The lowest BCUT2D eigenvalue weighted by atomic mass is 10.1. The number of halogens is 1. The van der Waals surface area contributed by atoms with Gasteiger partial charge < -0.3 is 10.6 Å². The molecule has 0 amide bonds. The van der Waals surface area contributed by atoms with Gasteiger partial charge in [0.25, 0.3) is 0 Å². The number of fused-ring (bicyclic) bond motifs is 5. The van der Waals surface area contributed by atoms with Gasteiger partial charge in [-0.2, -0.15) is 4.57 Å². The van der Waals surface area contributed by atoms with Crippen LogP contribution < -0.4 is 15.2 Å². The third-order valence-electron chi connectivity index (χ3n) is 7.26. The molecule has 0 bridgehead atoms. The van der Waals surface area contributed by atoms with Gasteiger partial charge in [0.15, 0.2) is 11.4 Å². The summed E-state index contributed by atoms with van der Waals surface area (Å²) in [6, 6.07) is 12.6. The summed E-state index contributed by atoms with van der Waals surface area (Å²) in [6.07, 6.45) is 4.67. The van der Waals surface area contributed by atoms with Crippen molar-refractivity contribution in [3.63, 3.8) is 0 Å². The first kappa shape index (κ1) is 19.7. The van der Waals surface area contributed by atoms with Crippen molar-refractivity contribution in [2.24, 2.45) is 24.6 Å². The minimum Gasteiger partial charge on any atom is -0.355 e. The van der Waals surface area contributed by atoms with Gasteiger partial charge in [0.2, 0.25) is 5.52 Å². The maximum atomic E-state index is 6.57. The van der Waals surface area contributed by atoms with Crippen LogP contribution in [0.3, 0.4) is 0 Å². The van der Waals surface area contributed by atoms with Crippen molar-refractivity contribution in [2.45, 2.75) is 22.5 Å². The Morgan fingerprint density at radius 2 is 2.00 bits per heavy atom. The zero-order valence-corrected chi connectivity index (χ0v) is 19.6. The van der Waals surface area contributed by atoms with Gasteiger partial charge in [-0.25, -0.2) is 15.0 Å². The Kier molecular flexibility index (Phi) is 4.26. The molecule has 1 aliphatic heterocycles. The molecule has 0 radical (unpaired) electrons. The van der Waals surface area contributed by atoms with Gasteiger partial charge in [-0.05, 0) is 46.9 Å². The highest BCUT2D eigenvalue weighted by molar-refractivity contribution is 7.99. The number of nitrogens with two attached hydrogens (primary N) is 1. The number of anilines is 1. The van der Waals surface area contributed by atoms with Gasteiger partial charge in [0.05, 0.1) is 5.69 Å². The lowest BCUT2D eigenvalue weighted by Gasteiger charge is -2.23. The largest absolute Gasteiger partial charge is 0.355 e. The summed E-state index contributed by atoms with van der Waals surface area (Å²) < 4.78 is 2.08. The molecule has 3 aromatic heterocycles. The summed E-state index contributed by atoms with van der Waals surface area (Å²) in [6.45, 7) is 1.92. The molecule has 164 valence electrons. The van der Waals surface area contributed by atoms with Crippen LogP contribution in [0, 0.1) is 11.8 Å². The topological polar surface area (TPSA) is 71.8 Å². The minimum absolute atomic E-state index is 0.344. The maximum absolute atomic E-state index is 6.57. The Labute approximate surface area is 200 Å². The van der Waals surface area contributed by atoms with Crippen molar-refractivity contribution in [3.05, 3.63) is 65.1 Å². The van der Waals surface area contributed by atoms with Gasteiger partial charge in [-0.3, -0.25) is 0 Å². The van der Waals surface area contributed by atoms with Gasteiger partial charge in [0.1, 0.15) is 18.4 Å². The second kappa shape index (κ2) is 7.13. The Hall–Kier alpha value is -2.74. The molecule has 6 nitrogen and oxygen atoms in total. The van der Waals surface area contributed by atoms with E-state index in [9.17, 15) is 0 Å². The third kappa shape index (κ3) is 3.06. The average Bonchev–Trinajstić information content (AvgIpc) is 3.17. The van der Waals surface area contributed by atoms with E-state index >= 15 is 0 Å². The molecule has 3 aliphatic rings. The minimum atomic E-state index is 0.344. The zero-order chi connectivity index (χ0) is 22.3. The molecule has 1 saturated carbocycles. The highest BCUT2D eigenvalue weighted by Gasteiger charge is 2.54. The van der Waals surface area contributed by atoms with Crippen LogP contribution in [0.5, 0.6) is 0 Å². The molecule has 33 heavy (non-hydrogen) atoms. The second-order valence-electron chi connectivity index (χ2n) is 9.20. The summed E-state index contributed by atoms with van der Waals surface area (Å²) in [7, 11) is 2.03. The monoisotopic (exact) mass is 473 g/mol. The molecule has 2 atom stereocenters. The molecule has 1 aromatic carbocycles. The molecule has 4 heterocycles. The van der Waals surface area contributed by atoms with Crippen molar-refractivity contribution >= 4 is 40.2 Å². The van der Waals surface area contributed by atoms with Gasteiger partial charge in [-0.15, -0.1) is 0 Å². The molecule has 0 spiro atoms. The van der Waals surface area contributed by atoms with Crippen molar-refractivity contribution < 1.29 is 4.57 Å². The number of hydrogen-bond acceptors (Lipinski definition) is 6. The van der Waals surface area contributed by atoms with E-state index in [1.54, 1.807) is 11.8 Å². The van der Waals surface area contributed by atoms with Crippen molar-refractivity contribution in [1.29, 1.82) is 0 Å². The Bertz CT molecular complexity index is 1440. The van der Waals surface area contributed by atoms with E-state index in [4.69, 9.17) is 27.3 Å². The molecular weight excluding hydrogens is 452 g/mol. The van der Waals surface area contributed by atoms with E-state index in [1.807, 2.05) is 43.7 Å². The highest BCUT2D eigenvalue weighted by atomic mass is 35.5. The molecule has 4 aromatic rings. The quantitative estimate of drug-likeness (QED) is 0.319. The highest BCUT2D eigenvalue weighted by Crippen LogP contribution is 2.50. The molecule has 8 heteroatoms.